The van der Waals surface area contributed by atoms with Gasteiger partial charge in [0.1, 0.15) is 17.1 Å². The number of guanidine groups is 1. The lowest BCUT2D eigenvalue weighted by Gasteiger charge is -2.22. The number of thiazole rings is 1. The van der Waals surface area contributed by atoms with Gasteiger partial charge in [-0.1, -0.05) is 0 Å². The topological polar surface area (TPSA) is 157 Å². The summed E-state index contributed by atoms with van der Waals surface area (Å²) in [5, 5.41) is 8.69. The van der Waals surface area contributed by atoms with Gasteiger partial charge in [-0.15, -0.1) is 22.9 Å². The first-order valence-corrected chi connectivity index (χ1v) is 11.6. The van der Waals surface area contributed by atoms with Crippen molar-refractivity contribution in [3.8, 4) is 0 Å². The minimum atomic E-state index is -1.39. The Labute approximate surface area is 206 Å². The first-order chi connectivity index (χ1) is 15.6. The van der Waals surface area contributed by atoms with Crippen LogP contribution in [0, 0.1) is 0 Å². The van der Waals surface area contributed by atoms with Crippen LogP contribution >= 0.6 is 22.9 Å². The number of halogens is 1. The number of alkyl halides is 1. The molecule has 1 atom stereocenters. The molecule has 12 nitrogen and oxygen atoms in total. The molecule has 1 rings (SSSR count). The SMILES string of the molecule is CCOC(=O)C(N=C(NC(=O)OC(C)(C)C)NC(=O)OC(C)(C)C)c1csc(NC(=O)CCl)n1. The maximum atomic E-state index is 12.6. The fourth-order valence-corrected chi connectivity index (χ4v) is 2.92. The molecule has 3 N–H and O–H groups in total. The average Bonchev–Trinajstić information content (AvgIpc) is 3.10. The van der Waals surface area contributed by atoms with E-state index in [1.165, 1.54) is 5.38 Å². The van der Waals surface area contributed by atoms with Gasteiger partial charge in [0.05, 0.1) is 12.3 Å². The quantitative estimate of drug-likeness (QED) is 0.170. The van der Waals surface area contributed by atoms with Crippen LogP contribution in [0.3, 0.4) is 0 Å². The third kappa shape index (κ3) is 11.3. The zero-order valence-electron chi connectivity index (χ0n) is 20.1. The summed E-state index contributed by atoms with van der Waals surface area (Å²) in [5.41, 5.74) is -1.58. The van der Waals surface area contributed by atoms with Gasteiger partial charge < -0.3 is 19.5 Å². The first-order valence-electron chi connectivity index (χ1n) is 10.2. The van der Waals surface area contributed by atoms with Crippen LogP contribution in [0.15, 0.2) is 10.4 Å². The van der Waals surface area contributed by atoms with Gasteiger partial charge in [-0.2, -0.15) is 0 Å². The minimum absolute atomic E-state index is 0.0408. The normalized spacial score (nSPS) is 12.1. The predicted octanol–water partition coefficient (Wildman–Crippen LogP) is 3.33. The van der Waals surface area contributed by atoms with Gasteiger partial charge in [-0.05, 0) is 48.5 Å². The van der Waals surface area contributed by atoms with Crippen molar-refractivity contribution < 1.29 is 33.4 Å². The molecule has 0 aliphatic carbocycles. The number of amides is 3. The number of carbonyl (C=O) groups is 4. The van der Waals surface area contributed by atoms with E-state index >= 15 is 0 Å². The molecule has 1 heterocycles. The molecule has 0 bridgehead atoms. The van der Waals surface area contributed by atoms with E-state index in [1.54, 1.807) is 48.5 Å². The number of nitrogens with one attached hydrogen (secondary N) is 3. The second-order valence-electron chi connectivity index (χ2n) is 8.65. The van der Waals surface area contributed by atoms with Crippen molar-refractivity contribution in [2.24, 2.45) is 4.99 Å². The lowest BCUT2D eigenvalue weighted by Crippen LogP contribution is -2.47. The molecular weight excluding hydrogens is 490 g/mol. The second-order valence-corrected chi connectivity index (χ2v) is 9.77. The van der Waals surface area contributed by atoms with Crippen LogP contribution in [0.25, 0.3) is 0 Å². The highest BCUT2D eigenvalue weighted by molar-refractivity contribution is 7.14. The smallest absolute Gasteiger partial charge is 0.414 e. The Bertz CT molecular complexity index is 889. The summed E-state index contributed by atoms with van der Waals surface area (Å²) in [6.45, 7) is 11.5. The third-order valence-electron chi connectivity index (χ3n) is 3.18. The van der Waals surface area contributed by atoms with Gasteiger partial charge in [0, 0.05) is 5.38 Å². The lowest BCUT2D eigenvalue weighted by atomic mass is 10.2. The number of nitrogens with zero attached hydrogens (tertiary/aromatic N) is 2. The van der Waals surface area contributed by atoms with Crippen molar-refractivity contribution >= 4 is 58.1 Å². The number of alkyl carbamates (subject to hydrolysis) is 2. The zero-order valence-corrected chi connectivity index (χ0v) is 21.7. The first kappa shape index (κ1) is 29.1. The van der Waals surface area contributed by atoms with Crippen molar-refractivity contribution in [2.75, 3.05) is 17.8 Å². The molecule has 0 aliphatic rings. The molecule has 190 valence electrons. The molecule has 1 unspecified atom stereocenters. The molecule has 0 radical (unpaired) electrons. The summed E-state index contributed by atoms with van der Waals surface area (Å²) in [6.07, 6.45) is -1.86. The molecule has 14 heteroatoms. The predicted molar refractivity (Wildman–Crippen MR) is 127 cm³/mol. The van der Waals surface area contributed by atoms with E-state index in [0.29, 0.717) is 0 Å². The average molecular weight is 520 g/mol. The number of aromatic nitrogens is 1. The summed E-state index contributed by atoms with van der Waals surface area (Å²) < 4.78 is 15.5. The van der Waals surface area contributed by atoms with Crippen LogP contribution in [0.2, 0.25) is 0 Å². The Morgan fingerprint density at radius 3 is 2.03 bits per heavy atom. The van der Waals surface area contributed by atoms with Gasteiger partial charge in [0.2, 0.25) is 11.9 Å². The molecule has 0 aromatic carbocycles. The third-order valence-corrected chi connectivity index (χ3v) is 4.20. The molecule has 34 heavy (non-hydrogen) atoms. The van der Waals surface area contributed by atoms with Crippen molar-refractivity contribution in [1.82, 2.24) is 15.6 Å². The second kappa shape index (κ2) is 12.5. The van der Waals surface area contributed by atoms with Crippen molar-refractivity contribution in [2.45, 2.75) is 65.7 Å². The van der Waals surface area contributed by atoms with Crippen LogP contribution in [-0.2, 0) is 23.8 Å². The highest BCUT2D eigenvalue weighted by atomic mass is 35.5. The maximum Gasteiger partial charge on any atom is 0.414 e. The number of hydrogen-bond donors (Lipinski definition) is 3. The van der Waals surface area contributed by atoms with E-state index < -0.39 is 47.3 Å². The van der Waals surface area contributed by atoms with Gasteiger partial charge in [-0.3, -0.25) is 15.4 Å². The molecule has 0 spiro atoms. The van der Waals surface area contributed by atoms with E-state index in [-0.39, 0.29) is 23.3 Å². The van der Waals surface area contributed by atoms with Crippen LogP contribution < -0.4 is 16.0 Å². The molecule has 3 amide bonds. The Morgan fingerprint density at radius 2 is 1.59 bits per heavy atom. The van der Waals surface area contributed by atoms with Crippen molar-refractivity contribution in [3.05, 3.63) is 11.1 Å². The van der Waals surface area contributed by atoms with Gasteiger partial charge in [-0.25, -0.2) is 24.4 Å². The van der Waals surface area contributed by atoms with E-state index in [2.05, 4.69) is 25.9 Å². The van der Waals surface area contributed by atoms with Gasteiger partial charge >= 0.3 is 18.2 Å². The number of aliphatic imine (C=N–C) groups is 1. The standard InChI is InChI=1S/C20H30ClN5O7S/c1-8-31-14(28)13(11-10-34-16(22-11)23-12(27)9-21)24-15(25-17(29)32-19(2,3)4)26-18(30)33-20(5,6)7/h10,13H,8-9H2,1-7H3,(H,22,23,27)(H2,24,25,26,29,30). The van der Waals surface area contributed by atoms with Crippen molar-refractivity contribution in [3.63, 3.8) is 0 Å². The summed E-state index contributed by atoms with van der Waals surface area (Å²) >= 11 is 6.51. The lowest BCUT2D eigenvalue weighted by molar-refractivity contribution is -0.144. The Balaban J connectivity index is 3.33. The highest BCUT2D eigenvalue weighted by Crippen LogP contribution is 2.25. The maximum absolute atomic E-state index is 12.6. The fourth-order valence-electron chi connectivity index (χ4n) is 2.11. The van der Waals surface area contributed by atoms with E-state index in [0.717, 1.165) is 11.3 Å². The highest BCUT2D eigenvalue weighted by Gasteiger charge is 2.28. The van der Waals surface area contributed by atoms with E-state index in [4.69, 9.17) is 25.8 Å². The number of anilines is 1. The molecule has 0 aliphatic heterocycles. The van der Waals surface area contributed by atoms with E-state index in [9.17, 15) is 19.2 Å². The molecule has 0 fully saturated rings. The van der Waals surface area contributed by atoms with Crippen LogP contribution in [0.4, 0.5) is 14.7 Å². The Kier molecular flexibility index (Phi) is 10.7. The summed E-state index contributed by atoms with van der Waals surface area (Å²) in [7, 11) is 0. The Morgan fingerprint density at radius 1 is 1.06 bits per heavy atom. The Hall–Kier alpha value is -2.93. The monoisotopic (exact) mass is 519 g/mol. The fraction of sp³-hybridized carbons (Fsp3) is 0.600. The number of hydrogen-bond acceptors (Lipinski definition) is 10. The number of ether oxygens (including phenoxy) is 3. The van der Waals surface area contributed by atoms with Gasteiger partial charge in [0.15, 0.2) is 11.2 Å². The number of rotatable bonds is 6. The molecule has 1 aromatic rings. The summed E-state index contributed by atoms with van der Waals surface area (Å²) in [5.74, 6) is -2.01. The van der Waals surface area contributed by atoms with Crippen LogP contribution in [0.5, 0.6) is 0 Å². The van der Waals surface area contributed by atoms with Gasteiger partial charge in [0.25, 0.3) is 0 Å². The van der Waals surface area contributed by atoms with Crippen LogP contribution in [0.1, 0.15) is 60.2 Å². The van der Waals surface area contributed by atoms with Crippen LogP contribution in [-0.4, -0.2) is 58.7 Å². The van der Waals surface area contributed by atoms with Crippen molar-refractivity contribution in [1.29, 1.82) is 0 Å². The minimum Gasteiger partial charge on any atom is -0.464 e. The molecular formula is C20H30ClN5O7S. The molecule has 0 saturated carbocycles. The summed E-state index contributed by atoms with van der Waals surface area (Å²) in [6, 6.07) is -1.39. The largest absolute Gasteiger partial charge is 0.464 e. The molecule has 1 aromatic heterocycles. The molecule has 0 saturated heterocycles. The van der Waals surface area contributed by atoms with E-state index in [1.807, 2.05) is 0 Å². The number of esters is 1. The zero-order chi connectivity index (χ0) is 26.1. The number of carbonyl (C=O) groups excluding carboxylic acids is 4. The summed E-state index contributed by atoms with van der Waals surface area (Å²) in [4.78, 5) is 57.1.